The number of β-lactam (4-membered cyclic amide) rings is 1. The number of carbonyl (C=O) groups excluding carboxylic acids is 2. The monoisotopic (exact) mass is 361 g/mol. The SMILES string of the molecule is CC[Si](CC)(CC)OC1C(=O)N(C(=O)c2ccccc2)C1C(C)(C)C. The molecule has 2 amide bonds. The number of hydrogen-bond donors (Lipinski definition) is 0. The molecule has 0 saturated carbocycles. The molecule has 1 aliphatic heterocycles. The van der Waals surface area contributed by atoms with Crippen molar-refractivity contribution in [1.29, 1.82) is 0 Å². The van der Waals surface area contributed by atoms with Gasteiger partial charge in [0.1, 0.15) is 6.10 Å². The Balaban J connectivity index is 2.30. The first-order chi connectivity index (χ1) is 11.7. The smallest absolute Gasteiger partial charge is 0.260 e. The first-order valence-electron chi connectivity index (χ1n) is 9.31. The van der Waals surface area contributed by atoms with Crippen molar-refractivity contribution in [2.24, 2.45) is 5.41 Å². The van der Waals surface area contributed by atoms with Gasteiger partial charge in [0.2, 0.25) is 0 Å². The van der Waals surface area contributed by atoms with E-state index in [2.05, 4.69) is 41.5 Å². The summed E-state index contributed by atoms with van der Waals surface area (Å²) in [5.41, 5.74) is 0.326. The second kappa shape index (κ2) is 7.42. The van der Waals surface area contributed by atoms with Crippen molar-refractivity contribution in [1.82, 2.24) is 4.90 Å². The third-order valence-electron chi connectivity index (χ3n) is 5.48. The van der Waals surface area contributed by atoms with E-state index in [9.17, 15) is 9.59 Å². The molecule has 0 aromatic heterocycles. The minimum absolute atomic E-state index is 0.180. The first kappa shape index (κ1) is 19.9. The van der Waals surface area contributed by atoms with Crippen LogP contribution in [-0.4, -0.2) is 37.2 Å². The highest BCUT2D eigenvalue weighted by Gasteiger charge is 2.58. The van der Waals surface area contributed by atoms with Crippen molar-refractivity contribution >= 4 is 20.1 Å². The van der Waals surface area contributed by atoms with Gasteiger partial charge in [-0.25, -0.2) is 0 Å². The van der Waals surface area contributed by atoms with E-state index >= 15 is 0 Å². The van der Waals surface area contributed by atoms with Gasteiger partial charge in [-0.2, -0.15) is 0 Å². The lowest BCUT2D eigenvalue weighted by molar-refractivity contribution is -0.166. The molecule has 1 saturated heterocycles. The van der Waals surface area contributed by atoms with Crippen molar-refractivity contribution in [3.05, 3.63) is 35.9 Å². The third-order valence-corrected chi connectivity index (χ3v) is 10.1. The number of rotatable bonds is 6. The Labute approximate surface area is 152 Å². The Morgan fingerprint density at radius 3 is 2.04 bits per heavy atom. The second-order valence-corrected chi connectivity index (χ2v) is 12.7. The normalized spacial score (nSPS) is 21.2. The Hall–Kier alpha value is -1.46. The van der Waals surface area contributed by atoms with Gasteiger partial charge in [0.25, 0.3) is 11.8 Å². The zero-order chi connectivity index (χ0) is 18.8. The molecule has 0 bridgehead atoms. The number of benzene rings is 1. The van der Waals surface area contributed by atoms with Gasteiger partial charge in [-0.3, -0.25) is 14.5 Å². The lowest BCUT2D eigenvalue weighted by atomic mass is 9.76. The predicted molar refractivity (Wildman–Crippen MR) is 103 cm³/mol. The van der Waals surface area contributed by atoms with Crippen LogP contribution in [0.1, 0.15) is 51.9 Å². The standard InChI is InChI=1S/C20H31NO3Si/c1-7-25(8-2,9-3)24-16-17(20(4,5)6)21(19(16)23)18(22)15-13-11-10-12-14-15/h10-14,16-17H,7-9H2,1-6H3. The summed E-state index contributed by atoms with van der Waals surface area (Å²) < 4.78 is 6.48. The fourth-order valence-corrected chi connectivity index (χ4v) is 6.40. The van der Waals surface area contributed by atoms with Crippen LogP contribution in [0, 0.1) is 5.41 Å². The largest absolute Gasteiger partial charge is 0.403 e. The Morgan fingerprint density at radius 2 is 1.60 bits per heavy atom. The molecule has 25 heavy (non-hydrogen) atoms. The number of carbonyl (C=O) groups is 2. The summed E-state index contributed by atoms with van der Waals surface area (Å²) in [6.45, 7) is 12.7. The molecular formula is C20H31NO3Si. The summed E-state index contributed by atoms with van der Waals surface area (Å²) in [5, 5.41) is 0. The van der Waals surface area contributed by atoms with Crippen LogP contribution in [0.3, 0.4) is 0 Å². The van der Waals surface area contributed by atoms with E-state index in [-0.39, 0.29) is 23.3 Å². The van der Waals surface area contributed by atoms with Gasteiger partial charge >= 0.3 is 0 Å². The van der Waals surface area contributed by atoms with Gasteiger partial charge in [0.15, 0.2) is 8.32 Å². The quantitative estimate of drug-likeness (QED) is 0.426. The summed E-state index contributed by atoms with van der Waals surface area (Å²) in [5.74, 6) is -0.400. The maximum atomic E-state index is 12.9. The molecule has 2 atom stereocenters. The highest BCUT2D eigenvalue weighted by atomic mass is 28.4. The lowest BCUT2D eigenvalue weighted by Crippen LogP contribution is -2.73. The van der Waals surface area contributed by atoms with Crippen LogP contribution in [-0.2, 0) is 9.22 Å². The van der Waals surface area contributed by atoms with Crippen molar-refractivity contribution in [2.45, 2.75) is 71.8 Å². The minimum atomic E-state index is -1.92. The molecule has 1 heterocycles. The van der Waals surface area contributed by atoms with Crippen molar-refractivity contribution in [2.75, 3.05) is 0 Å². The summed E-state index contributed by atoms with van der Waals surface area (Å²) >= 11 is 0. The van der Waals surface area contributed by atoms with E-state index in [1.165, 1.54) is 4.90 Å². The Kier molecular flexibility index (Phi) is 5.89. The molecule has 1 aromatic carbocycles. The number of amides is 2. The van der Waals surface area contributed by atoms with Crippen LogP contribution >= 0.6 is 0 Å². The van der Waals surface area contributed by atoms with E-state index in [4.69, 9.17) is 4.43 Å². The number of nitrogens with zero attached hydrogens (tertiary/aromatic N) is 1. The summed E-state index contributed by atoms with van der Waals surface area (Å²) in [6, 6.07) is 11.8. The van der Waals surface area contributed by atoms with E-state index in [1.54, 1.807) is 12.1 Å². The fraction of sp³-hybridized carbons (Fsp3) is 0.600. The fourth-order valence-electron chi connectivity index (χ4n) is 3.63. The topological polar surface area (TPSA) is 46.6 Å². The van der Waals surface area contributed by atoms with E-state index in [0.29, 0.717) is 5.56 Å². The van der Waals surface area contributed by atoms with Crippen LogP contribution in [0.4, 0.5) is 0 Å². The number of imide groups is 1. The Morgan fingerprint density at radius 1 is 1.08 bits per heavy atom. The van der Waals surface area contributed by atoms with Crippen LogP contribution in [0.5, 0.6) is 0 Å². The zero-order valence-corrected chi connectivity index (χ0v) is 17.3. The van der Waals surface area contributed by atoms with Crippen molar-refractivity contribution in [3.63, 3.8) is 0 Å². The molecule has 0 N–H and O–H groups in total. The highest BCUT2D eigenvalue weighted by Crippen LogP contribution is 2.40. The summed E-state index contributed by atoms with van der Waals surface area (Å²) in [7, 11) is -1.92. The lowest BCUT2D eigenvalue weighted by Gasteiger charge is -2.53. The van der Waals surface area contributed by atoms with Crippen LogP contribution in [0.15, 0.2) is 30.3 Å². The van der Waals surface area contributed by atoms with Crippen LogP contribution in [0.25, 0.3) is 0 Å². The van der Waals surface area contributed by atoms with Gasteiger partial charge in [0.05, 0.1) is 6.04 Å². The van der Waals surface area contributed by atoms with Crippen LogP contribution in [0.2, 0.25) is 18.1 Å². The van der Waals surface area contributed by atoms with Crippen LogP contribution < -0.4 is 0 Å². The van der Waals surface area contributed by atoms with Gasteiger partial charge in [-0.15, -0.1) is 0 Å². The summed E-state index contributed by atoms with van der Waals surface area (Å²) in [4.78, 5) is 27.2. The van der Waals surface area contributed by atoms with Crippen molar-refractivity contribution in [3.8, 4) is 0 Å². The third kappa shape index (κ3) is 3.72. The Bertz CT molecular complexity index is 611. The van der Waals surface area contributed by atoms with Gasteiger partial charge < -0.3 is 4.43 Å². The van der Waals surface area contributed by atoms with Gasteiger partial charge in [-0.05, 0) is 35.7 Å². The zero-order valence-electron chi connectivity index (χ0n) is 16.3. The highest BCUT2D eigenvalue weighted by molar-refractivity contribution is 6.73. The average molecular weight is 362 g/mol. The minimum Gasteiger partial charge on any atom is -0.403 e. The summed E-state index contributed by atoms with van der Waals surface area (Å²) in [6.07, 6.45) is -0.487. The van der Waals surface area contributed by atoms with Gasteiger partial charge in [0, 0.05) is 5.56 Å². The van der Waals surface area contributed by atoms with Crippen molar-refractivity contribution < 1.29 is 14.0 Å². The molecule has 1 aliphatic rings. The number of likely N-dealkylation sites (tertiary alicyclic amines) is 1. The maximum Gasteiger partial charge on any atom is 0.260 e. The molecule has 2 unspecified atom stereocenters. The van der Waals surface area contributed by atoms with E-state index in [0.717, 1.165) is 18.1 Å². The van der Waals surface area contributed by atoms with E-state index < -0.39 is 14.4 Å². The molecule has 0 spiro atoms. The van der Waals surface area contributed by atoms with Gasteiger partial charge in [-0.1, -0.05) is 59.7 Å². The molecule has 2 rings (SSSR count). The maximum absolute atomic E-state index is 12.9. The van der Waals surface area contributed by atoms with E-state index in [1.807, 2.05) is 18.2 Å². The number of hydrogen-bond acceptors (Lipinski definition) is 3. The molecular weight excluding hydrogens is 330 g/mol. The molecule has 138 valence electrons. The molecule has 0 radical (unpaired) electrons. The first-order valence-corrected chi connectivity index (χ1v) is 11.8. The average Bonchev–Trinajstić information content (AvgIpc) is 2.60. The molecule has 1 aromatic rings. The second-order valence-electron chi connectivity index (χ2n) is 7.97. The molecule has 0 aliphatic carbocycles. The molecule has 1 fully saturated rings. The predicted octanol–water partition coefficient (Wildman–Crippen LogP) is 4.47. The molecule has 4 nitrogen and oxygen atoms in total. The molecule has 5 heteroatoms.